The van der Waals surface area contributed by atoms with Crippen LogP contribution < -0.4 is 20.5 Å². The molecule has 1 atom stereocenters. The SMILES string of the molecule is COc1ccc(OC)c(-n2c(N)c(C(=O)NC[C@H]3CCCO3)c3nc4ccccc4nc32)c1. The molecule has 0 unspecified atom stereocenters. The van der Waals surface area contributed by atoms with E-state index in [4.69, 9.17) is 29.9 Å². The van der Waals surface area contributed by atoms with E-state index in [0.29, 0.717) is 45.9 Å². The van der Waals surface area contributed by atoms with Gasteiger partial charge >= 0.3 is 0 Å². The summed E-state index contributed by atoms with van der Waals surface area (Å²) in [5, 5.41) is 2.96. The molecule has 0 bridgehead atoms. The minimum absolute atomic E-state index is 0.00826. The molecule has 0 radical (unpaired) electrons. The lowest BCUT2D eigenvalue weighted by atomic mass is 10.2. The van der Waals surface area contributed by atoms with E-state index in [-0.39, 0.29) is 23.4 Å². The highest BCUT2D eigenvalue weighted by Crippen LogP contribution is 2.36. The summed E-state index contributed by atoms with van der Waals surface area (Å²) in [4.78, 5) is 22.9. The quantitative estimate of drug-likeness (QED) is 0.467. The van der Waals surface area contributed by atoms with Crippen molar-refractivity contribution >= 4 is 33.9 Å². The van der Waals surface area contributed by atoms with Crippen molar-refractivity contribution in [2.75, 3.05) is 33.1 Å². The van der Waals surface area contributed by atoms with Gasteiger partial charge in [0.05, 0.1) is 37.0 Å². The van der Waals surface area contributed by atoms with Gasteiger partial charge in [0, 0.05) is 19.2 Å². The fourth-order valence-electron chi connectivity index (χ4n) is 4.20. The van der Waals surface area contributed by atoms with Gasteiger partial charge in [0.25, 0.3) is 5.91 Å². The largest absolute Gasteiger partial charge is 0.497 e. The Balaban J connectivity index is 1.71. The molecule has 3 heterocycles. The molecule has 0 aliphatic carbocycles. The van der Waals surface area contributed by atoms with Gasteiger partial charge in [-0.3, -0.25) is 9.36 Å². The first-order valence-electron chi connectivity index (χ1n) is 10.8. The fraction of sp³-hybridized carbons (Fsp3) is 0.292. The van der Waals surface area contributed by atoms with E-state index in [1.165, 1.54) is 0 Å². The molecule has 3 N–H and O–H groups in total. The standard InChI is InChI=1S/C24H25N5O4/c1-31-14-9-10-19(32-2)18(12-14)29-22(25)20(24(30)26-13-15-6-5-11-33-15)21-23(29)28-17-8-4-3-7-16(17)27-21/h3-4,7-10,12,15H,5-6,11,13,25H2,1-2H3,(H,26,30)/t15-/m1/s1. The zero-order valence-corrected chi connectivity index (χ0v) is 18.5. The Kier molecular flexibility index (Phi) is 5.47. The zero-order chi connectivity index (χ0) is 22.9. The molecule has 170 valence electrons. The number of rotatable bonds is 6. The van der Waals surface area contributed by atoms with Crippen LogP contribution in [0.3, 0.4) is 0 Å². The van der Waals surface area contributed by atoms with Crippen LogP contribution in [0.15, 0.2) is 42.5 Å². The van der Waals surface area contributed by atoms with Crippen LogP contribution in [0, 0.1) is 0 Å². The third-order valence-electron chi connectivity index (χ3n) is 5.87. The summed E-state index contributed by atoms with van der Waals surface area (Å²) in [5.74, 6) is 1.07. The van der Waals surface area contributed by atoms with Gasteiger partial charge in [-0.1, -0.05) is 12.1 Å². The van der Waals surface area contributed by atoms with Crippen molar-refractivity contribution in [2.24, 2.45) is 0 Å². The number of ether oxygens (including phenoxy) is 3. The van der Waals surface area contributed by atoms with Crippen LogP contribution in [0.1, 0.15) is 23.2 Å². The molecule has 1 aliphatic heterocycles. The summed E-state index contributed by atoms with van der Waals surface area (Å²) in [7, 11) is 3.16. The smallest absolute Gasteiger partial charge is 0.257 e. The number of methoxy groups -OCH3 is 2. The zero-order valence-electron chi connectivity index (χ0n) is 18.5. The topological polar surface area (TPSA) is 114 Å². The number of nitrogens with one attached hydrogen (secondary N) is 1. The van der Waals surface area contributed by atoms with Crippen LogP contribution in [-0.4, -0.2) is 53.9 Å². The molecule has 1 fully saturated rings. The molecule has 0 spiro atoms. The third kappa shape index (κ3) is 3.70. The van der Waals surface area contributed by atoms with Crippen molar-refractivity contribution in [1.29, 1.82) is 0 Å². The predicted molar refractivity (Wildman–Crippen MR) is 125 cm³/mol. The number of hydrogen-bond donors (Lipinski definition) is 2. The van der Waals surface area contributed by atoms with Crippen LogP contribution in [0.25, 0.3) is 27.9 Å². The van der Waals surface area contributed by atoms with Gasteiger partial charge in [0.15, 0.2) is 5.65 Å². The Morgan fingerprint density at radius 2 is 1.97 bits per heavy atom. The number of carbonyl (C=O) groups excluding carboxylic acids is 1. The van der Waals surface area contributed by atoms with Gasteiger partial charge < -0.3 is 25.3 Å². The Morgan fingerprint density at radius 3 is 2.67 bits per heavy atom. The van der Waals surface area contributed by atoms with Crippen LogP contribution in [-0.2, 0) is 4.74 Å². The summed E-state index contributed by atoms with van der Waals surface area (Å²) < 4.78 is 18.3. The van der Waals surface area contributed by atoms with Crippen LogP contribution in [0.5, 0.6) is 11.5 Å². The molecule has 5 rings (SSSR count). The first-order chi connectivity index (χ1) is 16.1. The number of amides is 1. The normalized spacial score (nSPS) is 15.8. The van der Waals surface area contributed by atoms with Crippen molar-refractivity contribution in [3.8, 4) is 17.2 Å². The lowest BCUT2D eigenvalue weighted by Gasteiger charge is -2.14. The van der Waals surface area contributed by atoms with Crippen molar-refractivity contribution < 1.29 is 19.0 Å². The number of aromatic nitrogens is 3. The maximum Gasteiger partial charge on any atom is 0.257 e. The van der Waals surface area contributed by atoms with Gasteiger partial charge in [0.1, 0.15) is 28.4 Å². The van der Waals surface area contributed by atoms with Gasteiger partial charge in [0.2, 0.25) is 0 Å². The molecule has 2 aromatic heterocycles. The van der Waals surface area contributed by atoms with E-state index in [1.54, 1.807) is 37.0 Å². The predicted octanol–water partition coefficient (Wildman–Crippen LogP) is 3.08. The van der Waals surface area contributed by atoms with E-state index in [9.17, 15) is 4.79 Å². The highest BCUT2D eigenvalue weighted by Gasteiger charge is 2.27. The van der Waals surface area contributed by atoms with E-state index < -0.39 is 0 Å². The molecule has 2 aromatic carbocycles. The maximum absolute atomic E-state index is 13.3. The number of anilines is 1. The summed E-state index contributed by atoms with van der Waals surface area (Å²) in [6.45, 7) is 1.13. The number of carbonyl (C=O) groups is 1. The summed E-state index contributed by atoms with van der Waals surface area (Å²) in [6.07, 6.45) is 1.92. The van der Waals surface area contributed by atoms with Crippen LogP contribution >= 0.6 is 0 Å². The minimum Gasteiger partial charge on any atom is -0.497 e. The Labute approximate surface area is 190 Å². The third-order valence-corrected chi connectivity index (χ3v) is 5.87. The number of para-hydroxylation sites is 2. The van der Waals surface area contributed by atoms with E-state index >= 15 is 0 Å². The highest BCUT2D eigenvalue weighted by molar-refractivity contribution is 6.11. The maximum atomic E-state index is 13.3. The summed E-state index contributed by atoms with van der Waals surface area (Å²) in [5.41, 5.74) is 9.72. The van der Waals surface area contributed by atoms with Gasteiger partial charge in [-0.2, -0.15) is 0 Å². The number of nitrogen functional groups attached to an aromatic ring is 1. The lowest BCUT2D eigenvalue weighted by molar-refractivity contribution is 0.0859. The average Bonchev–Trinajstić information content (AvgIpc) is 3.46. The summed E-state index contributed by atoms with van der Waals surface area (Å²) >= 11 is 0. The fourth-order valence-corrected chi connectivity index (χ4v) is 4.20. The molecule has 9 nitrogen and oxygen atoms in total. The van der Waals surface area contributed by atoms with E-state index in [1.807, 2.05) is 24.3 Å². The molecule has 4 aromatic rings. The van der Waals surface area contributed by atoms with Gasteiger partial charge in [-0.05, 0) is 37.1 Å². The minimum atomic E-state index is -0.321. The number of nitrogens with zero attached hydrogens (tertiary/aromatic N) is 3. The Morgan fingerprint density at radius 1 is 1.18 bits per heavy atom. The second kappa shape index (κ2) is 8.59. The molecular formula is C24H25N5O4. The first kappa shape index (κ1) is 21.0. The van der Waals surface area contributed by atoms with Crippen molar-refractivity contribution in [3.05, 3.63) is 48.0 Å². The number of benzene rings is 2. The number of hydrogen-bond acceptors (Lipinski definition) is 7. The molecular weight excluding hydrogens is 422 g/mol. The molecule has 33 heavy (non-hydrogen) atoms. The molecule has 0 saturated carbocycles. The first-order valence-corrected chi connectivity index (χ1v) is 10.8. The number of nitrogens with two attached hydrogens (primary N) is 1. The summed E-state index contributed by atoms with van der Waals surface area (Å²) in [6, 6.07) is 12.9. The van der Waals surface area contributed by atoms with E-state index in [2.05, 4.69) is 5.32 Å². The monoisotopic (exact) mass is 447 g/mol. The molecule has 1 aliphatic rings. The van der Waals surface area contributed by atoms with Crippen molar-refractivity contribution in [1.82, 2.24) is 19.9 Å². The van der Waals surface area contributed by atoms with Crippen LogP contribution in [0.2, 0.25) is 0 Å². The van der Waals surface area contributed by atoms with Gasteiger partial charge in [-0.25, -0.2) is 9.97 Å². The van der Waals surface area contributed by atoms with E-state index in [0.717, 1.165) is 19.4 Å². The van der Waals surface area contributed by atoms with Crippen molar-refractivity contribution in [3.63, 3.8) is 0 Å². The van der Waals surface area contributed by atoms with Crippen LogP contribution in [0.4, 0.5) is 5.82 Å². The molecule has 1 amide bonds. The number of fused-ring (bicyclic) bond motifs is 2. The Bertz CT molecular complexity index is 1340. The Hall–Kier alpha value is -3.85. The molecule has 9 heteroatoms. The lowest BCUT2D eigenvalue weighted by Crippen LogP contribution is -2.32. The van der Waals surface area contributed by atoms with Gasteiger partial charge in [-0.15, -0.1) is 0 Å². The second-order valence-corrected chi connectivity index (χ2v) is 7.86. The molecule has 1 saturated heterocycles. The second-order valence-electron chi connectivity index (χ2n) is 7.86. The average molecular weight is 447 g/mol. The van der Waals surface area contributed by atoms with Crippen molar-refractivity contribution in [2.45, 2.75) is 18.9 Å². The highest BCUT2D eigenvalue weighted by atomic mass is 16.5.